The average Bonchev–Trinajstić information content (AvgIpc) is 2.65. The van der Waals surface area contributed by atoms with E-state index in [2.05, 4.69) is 31.3 Å². The first-order valence-corrected chi connectivity index (χ1v) is 9.29. The van der Waals surface area contributed by atoms with Crippen LogP contribution in [0.1, 0.15) is 43.7 Å². The zero-order chi connectivity index (χ0) is 18.8. The molecule has 0 heterocycles. The van der Waals surface area contributed by atoms with Gasteiger partial charge in [-0.2, -0.15) is 0 Å². The number of nitrogens with zero attached hydrogens (tertiary/aromatic N) is 1. The monoisotopic (exact) mass is 354 g/mol. The summed E-state index contributed by atoms with van der Waals surface area (Å²) in [6.07, 6.45) is 1.86. The van der Waals surface area contributed by atoms with Gasteiger partial charge in [0.2, 0.25) is 0 Å². The van der Waals surface area contributed by atoms with E-state index in [1.165, 1.54) is 5.56 Å². The van der Waals surface area contributed by atoms with Crippen molar-refractivity contribution in [3.63, 3.8) is 0 Å². The molecule has 0 atom stereocenters. The molecule has 0 aliphatic heterocycles. The number of methoxy groups -OCH3 is 1. The molecule has 0 aliphatic rings. The van der Waals surface area contributed by atoms with Gasteiger partial charge in [-0.1, -0.05) is 56.3 Å². The molecule has 0 saturated heterocycles. The maximum Gasteiger partial charge on any atom is 0.322 e. The summed E-state index contributed by atoms with van der Waals surface area (Å²) < 4.78 is 5.11. The van der Waals surface area contributed by atoms with Gasteiger partial charge < -0.3 is 15.0 Å². The molecular formula is C22H30N2O2. The minimum Gasteiger partial charge on any atom is -0.385 e. The van der Waals surface area contributed by atoms with Gasteiger partial charge in [-0.05, 0) is 42.0 Å². The second-order valence-electron chi connectivity index (χ2n) is 6.81. The van der Waals surface area contributed by atoms with E-state index in [-0.39, 0.29) is 6.03 Å². The number of rotatable bonds is 9. The highest BCUT2D eigenvalue weighted by Crippen LogP contribution is 2.18. The molecule has 2 aromatic carbocycles. The molecule has 0 aliphatic carbocycles. The van der Waals surface area contributed by atoms with E-state index in [0.717, 1.165) is 30.7 Å². The predicted octanol–water partition coefficient (Wildman–Crippen LogP) is 5.27. The molecule has 0 radical (unpaired) electrons. The highest BCUT2D eigenvalue weighted by Gasteiger charge is 2.14. The van der Waals surface area contributed by atoms with Crippen LogP contribution in [0, 0.1) is 0 Å². The number of nitrogens with one attached hydrogen (secondary N) is 1. The predicted molar refractivity (Wildman–Crippen MR) is 108 cm³/mol. The zero-order valence-corrected chi connectivity index (χ0v) is 16.1. The Morgan fingerprint density at radius 1 is 1.04 bits per heavy atom. The van der Waals surface area contributed by atoms with Crippen molar-refractivity contribution in [2.75, 3.05) is 25.6 Å². The number of benzene rings is 2. The summed E-state index contributed by atoms with van der Waals surface area (Å²) in [4.78, 5) is 14.6. The molecule has 4 heteroatoms. The standard InChI is InChI=1S/C22H30N2O2/c1-18(2)20-11-13-21(14-12-20)23-22(25)24(15-7-8-16-26-3)17-19-9-5-4-6-10-19/h4-6,9-14,18H,7-8,15-17H2,1-3H3,(H,23,25). The maximum atomic E-state index is 12.8. The lowest BCUT2D eigenvalue weighted by atomic mass is 10.0. The number of anilines is 1. The molecule has 2 amide bonds. The van der Waals surface area contributed by atoms with Crippen molar-refractivity contribution in [1.82, 2.24) is 4.90 Å². The van der Waals surface area contributed by atoms with Crippen LogP contribution < -0.4 is 5.32 Å². The zero-order valence-electron chi connectivity index (χ0n) is 16.1. The minimum absolute atomic E-state index is 0.0661. The minimum atomic E-state index is -0.0661. The quantitative estimate of drug-likeness (QED) is 0.623. The van der Waals surface area contributed by atoms with E-state index in [0.29, 0.717) is 19.0 Å². The van der Waals surface area contributed by atoms with Crippen LogP contribution in [0.15, 0.2) is 54.6 Å². The highest BCUT2D eigenvalue weighted by molar-refractivity contribution is 5.89. The van der Waals surface area contributed by atoms with Gasteiger partial charge in [0.15, 0.2) is 0 Å². The van der Waals surface area contributed by atoms with Crippen LogP contribution in [0.25, 0.3) is 0 Å². The Morgan fingerprint density at radius 3 is 2.35 bits per heavy atom. The van der Waals surface area contributed by atoms with Gasteiger partial charge in [-0.3, -0.25) is 0 Å². The fraction of sp³-hybridized carbons (Fsp3) is 0.409. The number of hydrogen-bond acceptors (Lipinski definition) is 2. The van der Waals surface area contributed by atoms with E-state index in [9.17, 15) is 4.79 Å². The molecule has 26 heavy (non-hydrogen) atoms. The van der Waals surface area contributed by atoms with E-state index in [1.54, 1.807) is 7.11 Å². The highest BCUT2D eigenvalue weighted by atomic mass is 16.5. The summed E-state index contributed by atoms with van der Waals surface area (Å²) in [7, 11) is 1.70. The van der Waals surface area contributed by atoms with Crippen molar-refractivity contribution >= 4 is 11.7 Å². The molecule has 0 aromatic heterocycles. The van der Waals surface area contributed by atoms with Crippen LogP contribution >= 0.6 is 0 Å². The SMILES string of the molecule is COCCCCN(Cc1ccccc1)C(=O)Nc1ccc(C(C)C)cc1. The van der Waals surface area contributed by atoms with Crippen LogP contribution in [-0.2, 0) is 11.3 Å². The Hall–Kier alpha value is -2.33. The Balaban J connectivity index is 2.00. The van der Waals surface area contributed by atoms with Crippen molar-refractivity contribution in [3.05, 3.63) is 65.7 Å². The fourth-order valence-electron chi connectivity index (χ4n) is 2.76. The third-order valence-corrected chi connectivity index (χ3v) is 4.36. The van der Waals surface area contributed by atoms with Crippen LogP contribution in [0.2, 0.25) is 0 Å². The smallest absolute Gasteiger partial charge is 0.322 e. The first kappa shape index (κ1) is 20.0. The lowest BCUT2D eigenvalue weighted by Gasteiger charge is -2.23. The van der Waals surface area contributed by atoms with Gasteiger partial charge in [-0.15, -0.1) is 0 Å². The number of urea groups is 1. The Bertz CT molecular complexity index is 654. The first-order valence-electron chi connectivity index (χ1n) is 9.29. The molecule has 2 rings (SSSR count). The Labute approximate surface area is 157 Å². The van der Waals surface area contributed by atoms with Gasteiger partial charge in [0.25, 0.3) is 0 Å². The second-order valence-corrected chi connectivity index (χ2v) is 6.81. The van der Waals surface area contributed by atoms with Crippen molar-refractivity contribution in [1.29, 1.82) is 0 Å². The molecule has 4 nitrogen and oxygen atoms in total. The Kier molecular flexibility index (Phi) is 8.16. The number of carbonyl (C=O) groups excluding carboxylic acids is 1. The molecule has 0 bridgehead atoms. The maximum absolute atomic E-state index is 12.8. The third-order valence-electron chi connectivity index (χ3n) is 4.36. The third kappa shape index (κ3) is 6.52. The fourth-order valence-corrected chi connectivity index (χ4v) is 2.76. The lowest BCUT2D eigenvalue weighted by Crippen LogP contribution is -2.35. The average molecular weight is 354 g/mol. The van der Waals surface area contributed by atoms with Gasteiger partial charge in [-0.25, -0.2) is 4.79 Å². The van der Waals surface area contributed by atoms with Gasteiger partial charge >= 0.3 is 6.03 Å². The van der Waals surface area contributed by atoms with Crippen molar-refractivity contribution in [3.8, 4) is 0 Å². The van der Waals surface area contributed by atoms with Gasteiger partial charge in [0.1, 0.15) is 0 Å². The summed E-state index contributed by atoms with van der Waals surface area (Å²) in [5, 5.41) is 3.03. The first-order chi connectivity index (χ1) is 12.6. The largest absolute Gasteiger partial charge is 0.385 e. The summed E-state index contributed by atoms with van der Waals surface area (Å²) >= 11 is 0. The summed E-state index contributed by atoms with van der Waals surface area (Å²) in [6.45, 7) is 6.35. The number of hydrogen-bond donors (Lipinski definition) is 1. The van der Waals surface area contributed by atoms with Crippen LogP contribution in [0.5, 0.6) is 0 Å². The summed E-state index contributed by atoms with van der Waals surface area (Å²) in [5.74, 6) is 0.482. The van der Waals surface area contributed by atoms with E-state index < -0.39 is 0 Å². The number of carbonyl (C=O) groups is 1. The summed E-state index contributed by atoms with van der Waals surface area (Å²) in [5.41, 5.74) is 3.22. The van der Waals surface area contributed by atoms with E-state index >= 15 is 0 Å². The van der Waals surface area contributed by atoms with Crippen molar-refractivity contribution in [2.24, 2.45) is 0 Å². The van der Waals surface area contributed by atoms with Crippen molar-refractivity contribution < 1.29 is 9.53 Å². The van der Waals surface area contributed by atoms with E-state index in [4.69, 9.17) is 4.74 Å². The molecule has 2 aromatic rings. The van der Waals surface area contributed by atoms with Crippen LogP contribution in [0.3, 0.4) is 0 Å². The van der Waals surface area contributed by atoms with Crippen molar-refractivity contribution in [2.45, 2.75) is 39.2 Å². The van der Waals surface area contributed by atoms with Crippen LogP contribution in [0.4, 0.5) is 10.5 Å². The normalized spacial score (nSPS) is 10.8. The number of amides is 2. The van der Waals surface area contributed by atoms with Crippen LogP contribution in [-0.4, -0.2) is 31.2 Å². The number of unbranched alkanes of at least 4 members (excludes halogenated alkanes) is 1. The molecule has 140 valence electrons. The Morgan fingerprint density at radius 2 is 1.73 bits per heavy atom. The van der Waals surface area contributed by atoms with Gasteiger partial charge in [0.05, 0.1) is 0 Å². The lowest BCUT2D eigenvalue weighted by molar-refractivity contribution is 0.182. The summed E-state index contributed by atoms with van der Waals surface area (Å²) in [6, 6.07) is 18.1. The molecule has 0 spiro atoms. The molecular weight excluding hydrogens is 324 g/mol. The molecule has 1 N–H and O–H groups in total. The number of ether oxygens (including phenoxy) is 1. The van der Waals surface area contributed by atoms with E-state index in [1.807, 2.05) is 47.4 Å². The molecule has 0 saturated carbocycles. The topological polar surface area (TPSA) is 41.6 Å². The van der Waals surface area contributed by atoms with Gasteiger partial charge in [0, 0.05) is 32.5 Å². The molecule has 0 unspecified atom stereocenters. The second kappa shape index (κ2) is 10.6. The molecule has 0 fully saturated rings.